The van der Waals surface area contributed by atoms with Crippen molar-refractivity contribution < 1.29 is 17.6 Å². The molecule has 0 saturated carbocycles. The van der Waals surface area contributed by atoms with Crippen molar-refractivity contribution in [3.05, 3.63) is 58.3 Å². The number of nitrogens with zero attached hydrogens (tertiary/aromatic N) is 2. The Labute approximate surface area is 187 Å². The van der Waals surface area contributed by atoms with Gasteiger partial charge in [-0.25, -0.2) is 8.42 Å². The Morgan fingerprint density at radius 2 is 1.81 bits per heavy atom. The van der Waals surface area contributed by atoms with Gasteiger partial charge in [-0.05, 0) is 75.4 Å². The van der Waals surface area contributed by atoms with E-state index in [4.69, 9.17) is 9.68 Å². The number of benzene rings is 2. The van der Waals surface area contributed by atoms with E-state index in [-0.39, 0.29) is 27.8 Å². The zero-order chi connectivity index (χ0) is 23.0. The maximum Gasteiger partial charge on any atom is 0.289 e. The number of amides is 1. The number of aryl methyl sites for hydroxylation is 2. The molecule has 1 saturated heterocycles. The fourth-order valence-corrected chi connectivity index (χ4v) is 5.67. The lowest BCUT2D eigenvalue weighted by atomic mass is 10.0. The zero-order valence-electron chi connectivity index (χ0n) is 18.4. The first-order valence-corrected chi connectivity index (χ1v) is 12.1. The van der Waals surface area contributed by atoms with E-state index in [0.29, 0.717) is 35.2 Å². The highest BCUT2D eigenvalue weighted by molar-refractivity contribution is 7.93. The van der Waals surface area contributed by atoms with Gasteiger partial charge in [-0.15, -0.1) is 0 Å². The average Bonchev–Trinajstić information content (AvgIpc) is 3.09. The van der Waals surface area contributed by atoms with Gasteiger partial charge < -0.3 is 9.32 Å². The third-order valence-electron chi connectivity index (χ3n) is 6.04. The third-order valence-corrected chi connectivity index (χ3v) is 7.58. The predicted octanol–water partition coefficient (Wildman–Crippen LogP) is 4.66. The van der Waals surface area contributed by atoms with E-state index in [1.807, 2.05) is 19.1 Å². The van der Waals surface area contributed by atoms with Gasteiger partial charge in [0.05, 0.1) is 17.3 Å². The van der Waals surface area contributed by atoms with E-state index in [0.717, 1.165) is 24.8 Å². The standard InChI is InChI=1S/C24H25N3O4S/c1-15-12-20-17(3)21(24(28)27-10-5-4-6-11-27)31-22(20)23(16(15)2)32(29,30)26-19-9-7-8-18(13-19)14-25/h7-9,12-13,26H,4-6,10-11H2,1-3H3. The van der Waals surface area contributed by atoms with Crippen LogP contribution >= 0.6 is 0 Å². The van der Waals surface area contributed by atoms with E-state index in [9.17, 15) is 13.2 Å². The Bertz CT molecular complexity index is 1360. The van der Waals surface area contributed by atoms with Crippen molar-refractivity contribution >= 4 is 32.6 Å². The SMILES string of the molecule is Cc1cc2c(C)c(C(=O)N3CCCCC3)oc2c(S(=O)(=O)Nc2cccc(C#N)c2)c1C. The van der Waals surface area contributed by atoms with Crippen molar-refractivity contribution in [2.24, 2.45) is 0 Å². The van der Waals surface area contributed by atoms with Crippen molar-refractivity contribution in [2.75, 3.05) is 17.8 Å². The second-order valence-corrected chi connectivity index (χ2v) is 9.85. The lowest BCUT2D eigenvalue weighted by molar-refractivity contribution is 0.0693. The summed E-state index contributed by atoms with van der Waals surface area (Å²) < 4.78 is 35.4. The van der Waals surface area contributed by atoms with Crippen LogP contribution in [0.5, 0.6) is 0 Å². The van der Waals surface area contributed by atoms with Crippen LogP contribution in [0.2, 0.25) is 0 Å². The van der Waals surface area contributed by atoms with Crippen LogP contribution in [-0.4, -0.2) is 32.3 Å². The van der Waals surface area contributed by atoms with Crippen molar-refractivity contribution in [3.63, 3.8) is 0 Å². The molecular formula is C24H25N3O4S. The molecule has 1 aliphatic rings. The minimum absolute atomic E-state index is 0.00987. The van der Waals surface area contributed by atoms with Crippen molar-refractivity contribution in [2.45, 2.75) is 44.9 Å². The van der Waals surface area contributed by atoms with Gasteiger partial charge in [-0.3, -0.25) is 9.52 Å². The summed E-state index contributed by atoms with van der Waals surface area (Å²) in [5, 5.41) is 9.72. The Kier molecular flexibility index (Phi) is 5.70. The van der Waals surface area contributed by atoms with Crippen LogP contribution in [0.1, 0.15) is 52.1 Å². The molecule has 1 fully saturated rings. The average molecular weight is 452 g/mol. The Morgan fingerprint density at radius 1 is 1.09 bits per heavy atom. The molecule has 0 aliphatic carbocycles. The van der Waals surface area contributed by atoms with Crippen LogP contribution < -0.4 is 4.72 Å². The number of hydrogen-bond donors (Lipinski definition) is 1. The Morgan fingerprint density at radius 3 is 2.50 bits per heavy atom. The van der Waals surface area contributed by atoms with Gasteiger partial charge in [-0.1, -0.05) is 6.07 Å². The Balaban J connectivity index is 1.84. The highest BCUT2D eigenvalue weighted by atomic mass is 32.2. The molecule has 1 aliphatic heterocycles. The van der Waals surface area contributed by atoms with E-state index in [2.05, 4.69) is 4.72 Å². The fourth-order valence-electron chi connectivity index (χ4n) is 4.17. The molecule has 166 valence electrons. The number of carbonyl (C=O) groups is 1. The van der Waals surface area contributed by atoms with Crippen LogP contribution in [0, 0.1) is 32.1 Å². The molecule has 1 aromatic heterocycles. The highest BCUT2D eigenvalue weighted by Crippen LogP contribution is 2.36. The number of likely N-dealkylation sites (tertiary alicyclic amines) is 1. The molecule has 4 rings (SSSR count). The maximum atomic E-state index is 13.4. The second kappa shape index (κ2) is 8.32. The van der Waals surface area contributed by atoms with Crippen LogP contribution in [0.4, 0.5) is 5.69 Å². The molecule has 0 unspecified atom stereocenters. The quantitative estimate of drug-likeness (QED) is 0.621. The van der Waals surface area contributed by atoms with Gasteiger partial charge in [0.25, 0.3) is 15.9 Å². The summed E-state index contributed by atoms with van der Waals surface area (Å²) in [5.41, 5.74) is 2.78. The lowest BCUT2D eigenvalue weighted by Crippen LogP contribution is -2.35. The first-order chi connectivity index (χ1) is 15.2. The molecule has 0 radical (unpaired) electrons. The zero-order valence-corrected chi connectivity index (χ0v) is 19.2. The van der Waals surface area contributed by atoms with Gasteiger partial charge >= 0.3 is 0 Å². The molecule has 32 heavy (non-hydrogen) atoms. The third kappa shape index (κ3) is 3.84. The number of furan rings is 1. The number of hydrogen-bond acceptors (Lipinski definition) is 5. The molecule has 1 N–H and O–H groups in total. The first kappa shape index (κ1) is 21.9. The summed E-state index contributed by atoms with van der Waals surface area (Å²) >= 11 is 0. The summed E-state index contributed by atoms with van der Waals surface area (Å²) in [6, 6.07) is 10.1. The van der Waals surface area contributed by atoms with Gasteiger partial charge in [0, 0.05) is 24.0 Å². The van der Waals surface area contributed by atoms with Crippen molar-refractivity contribution in [1.82, 2.24) is 4.90 Å². The van der Waals surface area contributed by atoms with E-state index in [1.165, 1.54) is 6.07 Å². The molecule has 1 amide bonds. The topological polar surface area (TPSA) is 103 Å². The summed E-state index contributed by atoms with van der Waals surface area (Å²) in [7, 11) is -4.05. The molecule has 0 spiro atoms. The lowest BCUT2D eigenvalue weighted by Gasteiger charge is -2.25. The van der Waals surface area contributed by atoms with Crippen LogP contribution in [-0.2, 0) is 10.0 Å². The van der Waals surface area contributed by atoms with Crippen molar-refractivity contribution in [1.29, 1.82) is 5.26 Å². The molecular weight excluding hydrogens is 426 g/mol. The molecule has 2 aromatic carbocycles. The van der Waals surface area contributed by atoms with Crippen LogP contribution in [0.25, 0.3) is 11.0 Å². The number of piperidine rings is 1. The number of nitriles is 1. The van der Waals surface area contributed by atoms with E-state index < -0.39 is 10.0 Å². The number of anilines is 1. The van der Waals surface area contributed by atoms with Gasteiger partial charge in [0.15, 0.2) is 11.3 Å². The molecule has 2 heterocycles. The smallest absolute Gasteiger partial charge is 0.289 e. The number of carbonyl (C=O) groups excluding carboxylic acids is 1. The molecule has 3 aromatic rings. The van der Waals surface area contributed by atoms with Crippen molar-refractivity contribution in [3.8, 4) is 6.07 Å². The molecule has 0 atom stereocenters. The normalized spacial score (nSPS) is 14.4. The van der Waals surface area contributed by atoms with Crippen LogP contribution in [0.15, 0.2) is 39.6 Å². The van der Waals surface area contributed by atoms with Gasteiger partial charge in [0.2, 0.25) is 0 Å². The maximum absolute atomic E-state index is 13.4. The fraction of sp³-hybridized carbons (Fsp3) is 0.333. The Hall–Kier alpha value is -3.31. The molecule has 7 nitrogen and oxygen atoms in total. The summed E-state index contributed by atoms with van der Waals surface area (Å²) in [6.07, 6.45) is 3.01. The summed E-state index contributed by atoms with van der Waals surface area (Å²) in [6.45, 7) is 6.70. The van der Waals surface area contributed by atoms with E-state index >= 15 is 0 Å². The first-order valence-electron chi connectivity index (χ1n) is 10.6. The minimum Gasteiger partial charge on any atom is -0.449 e. The monoisotopic (exact) mass is 451 g/mol. The molecule has 0 bridgehead atoms. The largest absolute Gasteiger partial charge is 0.449 e. The number of sulfonamides is 1. The van der Waals surface area contributed by atoms with E-state index in [1.54, 1.807) is 36.9 Å². The second-order valence-electron chi connectivity index (χ2n) is 8.23. The number of nitrogens with one attached hydrogen (secondary N) is 1. The highest BCUT2D eigenvalue weighted by Gasteiger charge is 2.30. The summed E-state index contributed by atoms with van der Waals surface area (Å²) in [4.78, 5) is 14.9. The predicted molar refractivity (Wildman–Crippen MR) is 122 cm³/mol. The number of fused-ring (bicyclic) bond motifs is 1. The van der Waals surface area contributed by atoms with Gasteiger partial charge in [0.1, 0.15) is 4.90 Å². The summed E-state index contributed by atoms with van der Waals surface area (Å²) in [5.74, 6) is -0.0124. The van der Waals surface area contributed by atoms with Gasteiger partial charge in [-0.2, -0.15) is 5.26 Å². The number of rotatable bonds is 4. The minimum atomic E-state index is -4.05. The van der Waals surface area contributed by atoms with Crippen LogP contribution in [0.3, 0.4) is 0 Å². The molecule has 8 heteroatoms.